The third-order valence-corrected chi connectivity index (χ3v) is 5.53. The van der Waals surface area contributed by atoms with Crippen molar-refractivity contribution in [3.05, 3.63) is 55.9 Å². The smallest absolute Gasteiger partial charge is 0.255 e. The van der Waals surface area contributed by atoms with E-state index < -0.39 is 0 Å². The standard InChI is InChI=1S/C19H23BrN4O2/c20-15-3-1-2-14(12-15)13-23-6-4-16-17(5-7-23)21-19(22-18(16)25)24-8-10-26-11-9-24/h1-3,12H,4-11,13H2,(H,21,22,25). The number of hydrogen-bond donors (Lipinski definition) is 1. The van der Waals surface area contributed by atoms with Crippen molar-refractivity contribution in [2.45, 2.75) is 19.4 Å². The predicted molar refractivity (Wildman–Crippen MR) is 105 cm³/mol. The maximum absolute atomic E-state index is 12.6. The highest BCUT2D eigenvalue weighted by atomic mass is 79.9. The van der Waals surface area contributed by atoms with Crippen LogP contribution in [0.5, 0.6) is 0 Å². The van der Waals surface area contributed by atoms with Crippen LogP contribution in [-0.2, 0) is 24.1 Å². The number of anilines is 1. The Balaban J connectivity index is 1.50. The van der Waals surface area contributed by atoms with Crippen LogP contribution in [0.4, 0.5) is 5.95 Å². The summed E-state index contributed by atoms with van der Waals surface area (Å²) in [6.07, 6.45) is 1.56. The van der Waals surface area contributed by atoms with Gasteiger partial charge in [0.2, 0.25) is 5.95 Å². The van der Waals surface area contributed by atoms with E-state index in [1.807, 2.05) is 6.07 Å². The minimum Gasteiger partial charge on any atom is -0.378 e. The van der Waals surface area contributed by atoms with E-state index in [1.165, 1.54) is 5.56 Å². The molecule has 0 unspecified atom stereocenters. The van der Waals surface area contributed by atoms with Gasteiger partial charge in [-0.25, -0.2) is 4.98 Å². The van der Waals surface area contributed by atoms with Gasteiger partial charge in [-0.3, -0.25) is 14.7 Å². The van der Waals surface area contributed by atoms with Crippen molar-refractivity contribution >= 4 is 21.9 Å². The van der Waals surface area contributed by atoms with Crippen LogP contribution >= 0.6 is 15.9 Å². The zero-order chi connectivity index (χ0) is 17.9. The van der Waals surface area contributed by atoms with E-state index in [0.717, 1.165) is 61.3 Å². The average Bonchev–Trinajstić information content (AvgIpc) is 2.85. The summed E-state index contributed by atoms with van der Waals surface area (Å²) in [7, 11) is 0. The average molecular weight is 419 g/mol. The van der Waals surface area contributed by atoms with Gasteiger partial charge in [-0.2, -0.15) is 0 Å². The summed E-state index contributed by atoms with van der Waals surface area (Å²) < 4.78 is 6.49. The van der Waals surface area contributed by atoms with Gasteiger partial charge in [-0.1, -0.05) is 28.1 Å². The molecule has 1 aromatic carbocycles. The third kappa shape index (κ3) is 4.00. The summed E-state index contributed by atoms with van der Waals surface area (Å²) in [5.41, 5.74) is 3.09. The number of H-pyrrole nitrogens is 1. The maximum atomic E-state index is 12.6. The van der Waals surface area contributed by atoms with E-state index in [0.29, 0.717) is 19.2 Å². The fourth-order valence-corrected chi connectivity index (χ4v) is 4.06. The lowest BCUT2D eigenvalue weighted by Crippen LogP contribution is -2.38. The topological polar surface area (TPSA) is 61.5 Å². The molecule has 2 aliphatic rings. The zero-order valence-electron chi connectivity index (χ0n) is 14.7. The number of morpholine rings is 1. The molecule has 0 spiro atoms. The second-order valence-corrected chi connectivity index (χ2v) is 7.74. The van der Waals surface area contributed by atoms with Crippen molar-refractivity contribution in [1.82, 2.24) is 14.9 Å². The first-order valence-electron chi connectivity index (χ1n) is 9.10. The Bertz CT molecular complexity index is 833. The van der Waals surface area contributed by atoms with Gasteiger partial charge in [0.05, 0.1) is 18.9 Å². The number of nitrogens with zero attached hydrogens (tertiary/aromatic N) is 3. The van der Waals surface area contributed by atoms with Crippen LogP contribution in [0, 0.1) is 0 Å². The van der Waals surface area contributed by atoms with Crippen molar-refractivity contribution in [3.8, 4) is 0 Å². The minimum absolute atomic E-state index is 0.0146. The minimum atomic E-state index is 0.0146. The lowest BCUT2D eigenvalue weighted by Gasteiger charge is -2.27. The van der Waals surface area contributed by atoms with Crippen molar-refractivity contribution in [2.24, 2.45) is 0 Å². The Labute approximate surface area is 161 Å². The molecule has 1 N–H and O–H groups in total. The molecule has 2 aliphatic heterocycles. The fraction of sp³-hybridized carbons (Fsp3) is 0.474. The first kappa shape index (κ1) is 17.7. The number of halogens is 1. The number of ether oxygens (including phenoxy) is 1. The Morgan fingerprint density at radius 2 is 1.96 bits per heavy atom. The summed E-state index contributed by atoms with van der Waals surface area (Å²) in [6.45, 7) is 5.59. The van der Waals surface area contributed by atoms with E-state index in [1.54, 1.807) is 0 Å². The molecule has 7 heteroatoms. The normalized spacial score (nSPS) is 18.4. The van der Waals surface area contributed by atoms with Crippen molar-refractivity contribution in [2.75, 3.05) is 44.3 Å². The van der Waals surface area contributed by atoms with Crippen molar-refractivity contribution in [3.63, 3.8) is 0 Å². The van der Waals surface area contributed by atoms with Gasteiger partial charge in [-0.05, 0) is 24.1 Å². The monoisotopic (exact) mass is 418 g/mol. The van der Waals surface area contributed by atoms with Gasteiger partial charge >= 0.3 is 0 Å². The van der Waals surface area contributed by atoms with Gasteiger partial charge < -0.3 is 9.64 Å². The lowest BCUT2D eigenvalue weighted by molar-refractivity contribution is 0.122. The van der Waals surface area contributed by atoms with Crippen molar-refractivity contribution in [1.29, 1.82) is 0 Å². The number of hydrogen-bond acceptors (Lipinski definition) is 5. The summed E-state index contributed by atoms with van der Waals surface area (Å²) in [5.74, 6) is 0.692. The molecule has 26 heavy (non-hydrogen) atoms. The summed E-state index contributed by atoms with van der Waals surface area (Å²) in [6, 6.07) is 8.40. The largest absolute Gasteiger partial charge is 0.378 e. The second-order valence-electron chi connectivity index (χ2n) is 6.82. The Morgan fingerprint density at radius 3 is 2.77 bits per heavy atom. The summed E-state index contributed by atoms with van der Waals surface area (Å²) in [4.78, 5) is 24.9. The molecule has 0 bridgehead atoms. The number of aromatic amines is 1. The molecule has 0 aliphatic carbocycles. The Morgan fingerprint density at radius 1 is 1.15 bits per heavy atom. The SMILES string of the molecule is O=c1[nH]c(N2CCOCC2)nc2c1CCN(Cc1cccc(Br)c1)CC2. The summed E-state index contributed by atoms with van der Waals surface area (Å²) >= 11 is 3.53. The van der Waals surface area contributed by atoms with E-state index in [-0.39, 0.29) is 5.56 Å². The molecule has 138 valence electrons. The third-order valence-electron chi connectivity index (χ3n) is 5.04. The molecule has 4 rings (SSSR count). The van der Waals surface area contributed by atoms with Gasteiger partial charge in [0.1, 0.15) is 0 Å². The van der Waals surface area contributed by atoms with Crippen LogP contribution < -0.4 is 10.5 Å². The molecule has 2 aromatic rings. The number of benzene rings is 1. The van der Waals surface area contributed by atoms with Gasteiger partial charge in [0.15, 0.2) is 0 Å². The number of fused-ring (bicyclic) bond motifs is 1. The van der Waals surface area contributed by atoms with Gasteiger partial charge in [0.25, 0.3) is 5.56 Å². The van der Waals surface area contributed by atoms with Crippen LogP contribution in [0.15, 0.2) is 33.5 Å². The van der Waals surface area contributed by atoms with Crippen LogP contribution in [0.25, 0.3) is 0 Å². The molecular weight excluding hydrogens is 396 g/mol. The summed E-state index contributed by atoms with van der Waals surface area (Å²) in [5, 5.41) is 0. The number of nitrogens with one attached hydrogen (secondary N) is 1. The molecule has 0 amide bonds. The molecule has 0 radical (unpaired) electrons. The first-order valence-corrected chi connectivity index (χ1v) is 9.90. The first-order chi connectivity index (χ1) is 12.7. The number of rotatable bonds is 3. The molecule has 1 saturated heterocycles. The highest BCUT2D eigenvalue weighted by Gasteiger charge is 2.21. The molecule has 1 fully saturated rings. The molecule has 0 saturated carbocycles. The highest BCUT2D eigenvalue weighted by Crippen LogP contribution is 2.18. The predicted octanol–water partition coefficient (Wildman–Crippen LogP) is 1.97. The van der Waals surface area contributed by atoms with Gasteiger partial charge in [0, 0.05) is 49.2 Å². The number of aromatic nitrogens is 2. The van der Waals surface area contributed by atoms with E-state index in [4.69, 9.17) is 9.72 Å². The second kappa shape index (κ2) is 7.90. The van der Waals surface area contributed by atoms with Crippen LogP contribution in [-0.4, -0.2) is 54.3 Å². The molecule has 0 atom stereocenters. The van der Waals surface area contributed by atoms with E-state index in [9.17, 15) is 4.79 Å². The maximum Gasteiger partial charge on any atom is 0.255 e. The Hall–Kier alpha value is -1.70. The van der Waals surface area contributed by atoms with Crippen molar-refractivity contribution < 1.29 is 4.74 Å². The van der Waals surface area contributed by atoms with E-state index in [2.05, 4.69) is 48.9 Å². The van der Waals surface area contributed by atoms with E-state index >= 15 is 0 Å². The molecule has 1 aromatic heterocycles. The molecular formula is C19H23BrN4O2. The lowest BCUT2D eigenvalue weighted by atomic mass is 10.1. The van der Waals surface area contributed by atoms with Crippen LogP contribution in [0.1, 0.15) is 16.8 Å². The van der Waals surface area contributed by atoms with Crippen LogP contribution in [0.2, 0.25) is 0 Å². The quantitative estimate of drug-likeness (QED) is 0.825. The highest BCUT2D eigenvalue weighted by molar-refractivity contribution is 9.10. The Kier molecular flexibility index (Phi) is 5.38. The fourth-order valence-electron chi connectivity index (χ4n) is 3.62. The van der Waals surface area contributed by atoms with Crippen LogP contribution in [0.3, 0.4) is 0 Å². The van der Waals surface area contributed by atoms with Gasteiger partial charge in [-0.15, -0.1) is 0 Å². The molecule has 6 nitrogen and oxygen atoms in total. The molecule has 3 heterocycles. The zero-order valence-corrected chi connectivity index (χ0v) is 16.3.